The van der Waals surface area contributed by atoms with Gasteiger partial charge < -0.3 is 14.5 Å². The molecule has 0 N–H and O–H groups in total. The molecule has 3 heterocycles. The molecule has 0 unspecified atom stereocenters. The van der Waals surface area contributed by atoms with Crippen LogP contribution in [0.3, 0.4) is 0 Å². The van der Waals surface area contributed by atoms with Crippen molar-refractivity contribution >= 4 is 11.8 Å². The van der Waals surface area contributed by atoms with E-state index in [0.29, 0.717) is 17.9 Å². The van der Waals surface area contributed by atoms with Crippen molar-refractivity contribution in [3.05, 3.63) is 18.0 Å². The molecule has 4 rings (SSSR count). The van der Waals surface area contributed by atoms with E-state index in [9.17, 15) is 9.59 Å². The Labute approximate surface area is 185 Å². The van der Waals surface area contributed by atoms with Crippen molar-refractivity contribution in [2.24, 2.45) is 11.8 Å². The predicted molar refractivity (Wildman–Crippen MR) is 117 cm³/mol. The average molecular weight is 432 g/mol. The maximum atomic E-state index is 12.1. The molecule has 2 saturated heterocycles. The zero-order valence-electron chi connectivity index (χ0n) is 19.4. The van der Waals surface area contributed by atoms with E-state index in [-0.39, 0.29) is 30.6 Å². The number of hydrogen-bond donors (Lipinski definition) is 0. The summed E-state index contributed by atoms with van der Waals surface area (Å²) in [6.07, 6.45) is 8.14. The van der Waals surface area contributed by atoms with Crippen molar-refractivity contribution in [3.8, 4) is 0 Å². The van der Waals surface area contributed by atoms with Crippen molar-refractivity contribution in [3.63, 3.8) is 0 Å². The van der Waals surface area contributed by atoms with Gasteiger partial charge in [0.2, 0.25) is 11.8 Å². The van der Waals surface area contributed by atoms with Gasteiger partial charge in [-0.15, -0.1) is 0 Å². The maximum Gasteiger partial charge on any atom is 0.248 e. The number of ether oxygens (including phenoxy) is 1. The zero-order valence-corrected chi connectivity index (χ0v) is 19.4. The van der Waals surface area contributed by atoms with Gasteiger partial charge in [0.05, 0.1) is 18.3 Å². The van der Waals surface area contributed by atoms with Gasteiger partial charge in [0.25, 0.3) is 0 Å². The number of carbonyl (C=O) groups is 2. The third kappa shape index (κ3) is 4.95. The van der Waals surface area contributed by atoms with Crippen LogP contribution in [0, 0.1) is 18.8 Å². The molecule has 31 heavy (non-hydrogen) atoms. The van der Waals surface area contributed by atoms with Crippen LogP contribution >= 0.6 is 0 Å². The third-order valence-electron chi connectivity index (χ3n) is 7.53. The van der Waals surface area contributed by atoms with Crippen LogP contribution in [0.5, 0.6) is 0 Å². The highest BCUT2D eigenvalue weighted by Gasteiger charge is 2.45. The van der Waals surface area contributed by atoms with E-state index in [1.165, 1.54) is 0 Å². The van der Waals surface area contributed by atoms with Crippen molar-refractivity contribution < 1.29 is 14.3 Å². The average Bonchev–Trinajstić information content (AvgIpc) is 3.36. The van der Waals surface area contributed by atoms with Crippen LogP contribution in [-0.4, -0.2) is 95.3 Å². The summed E-state index contributed by atoms with van der Waals surface area (Å²) in [5.41, 5.74) is 1.15. The van der Waals surface area contributed by atoms with Gasteiger partial charge in [0.15, 0.2) is 0 Å². The lowest BCUT2D eigenvalue weighted by Crippen LogP contribution is -2.45. The van der Waals surface area contributed by atoms with E-state index in [1.54, 1.807) is 25.9 Å². The fraction of sp³-hybridized carbons (Fsp3) is 0.783. The summed E-state index contributed by atoms with van der Waals surface area (Å²) < 4.78 is 8.26. The number of amides is 2. The number of fused-ring (bicyclic) bond motifs is 1. The van der Waals surface area contributed by atoms with Crippen molar-refractivity contribution in [1.82, 2.24) is 24.5 Å². The molecule has 0 aromatic carbocycles. The Balaban J connectivity index is 1.42. The van der Waals surface area contributed by atoms with Crippen LogP contribution in [0.25, 0.3) is 0 Å². The minimum absolute atomic E-state index is 0.00259. The highest BCUT2D eigenvalue weighted by Crippen LogP contribution is 2.43. The molecule has 8 heteroatoms. The first-order chi connectivity index (χ1) is 14.8. The lowest BCUT2D eigenvalue weighted by Gasteiger charge is -2.38. The van der Waals surface area contributed by atoms with E-state index in [1.807, 2.05) is 11.1 Å². The van der Waals surface area contributed by atoms with Crippen molar-refractivity contribution in [1.29, 1.82) is 0 Å². The topological polar surface area (TPSA) is 70.9 Å². The Bertz CT molecular complexity index is 786. The number of aryl methyl sites for hydroxylation is 1. The van der Waals surface area contributed by atoms with Gasteiger partial charge in [-0.2, -0.15) is 5.10 Å². The summed E-state index contributed by atoms with van der Waals surface area (Å²) in [6.45, 7) is 7.82. The van der Waals surface area contributed by atoms with Gasteiger partial charge in [-0.05, 0) is 50.0 Å². The lowest BCUT2D eigenvalue weighted by molar-refractivity contribution is -0.138. The van der Waals surface area contributed by atoms with Crippen molar-refractivity contribution in [2.75, 3.05) is 46.9 Å². The fourth-order valence-corrected chi connectivity index (χ4v) is 5.65. The van der Waals surface area contributed by atoms with E-state index in [4.69, 9.17) is 4.74 Å². The van der Waals surface area contributed by atoms with Crippen molar-refractivity contribution in [2.45, 2.75) is 57.7 Å². The summed E-state index contributed by atoms with van der Waals surface area (Å²) >= 11 is 0. The minimum Gasteiger partial charge on any atom is -0.366 e. The van der Waals surface area contributed by atoms with Crippen LogP contribution in [0.4, 0.5) is 0 Å². The van der Waals surface area contributed by atoms with Crippen LogP contribution < -0.4 is 0 Å². The molecule has 1 aliphatic carbocycles. The second kappa shape index (κ2) is 9.28. The molecule has 1 aromatic rings. The second-order valence-corrected chi connectivity index (χ2v) is 9.89. The first-order valence-electron chi connectivity index (χ1n) is 11.6. The lowest BCUT2D eigenvalue weighted by atomic mass is 9.77. The SMILES string of the molecule is CC(=O)N1CCC(N2C[C@H]3C[C@H](OCC(=O)N(C)C)[C@@H](n4cc(C)cn4)C[C@H]3C2)CC1. The molecule has 0 radical (unpaired) electrons. The van der Waals surface area contributed by atoms with Gasteiger partial charge in [-0.1, -0.05) is 0 Å². The number of rotatable bonds is 5. The molecule has 0 spiro atoms. The minimum atomic E-state index is 0.00259. The Kier molecular flexibility index (Phi) is 6.67. The summed E-state index contributed by atoms with van der Waals surface area (Å²) in [6, 6.07) is 0.741. The Morgan fingerprint density at radius 1 is 1.16 bits per heavy atom. The normalized spacial score (nSPS) is 29.7. The van der Waals surface area contributed by atoms with Gasteiger partial charge in [-0.25, -0.2) is 0 Å². The van der Waals surface area contributed by atoms with Gasteiger partial charge in [0, 0.05) is 59.4 Å². The van der Waals surface area contributed by atoms with Crippen LogP contribution in [0.15, 0.2) is 12.4 Å². The molecule has 3 fully saturated rings. The standard InChI is InChI=1S/C23H37N5O3/c1-16-11-24-28(12-16)21-9-18-13-27(20-5-7-26(8-6-20)17(2)29)14-19(18)10-22(21)31-15-23(30)25(3)4/h11-12,18-22H,5-10,13-15H2,1-4H3/t18-,19+,21-,22-/m0/s1. The van der Waals surface area contributed by atoms with Crippen LogP contribution in [0.1, 0.15) is 44.2 Å². The van der Waals surface area contributed by atoms with E-state index in [0.717, 1.165) is 57.4 Å². The molecular weight excluding hydrogens is 394 g/mol. The largest absolute Gasteiger partial charge is 0.366 e. The first kappa shape index (κ1) is 22.3. The number of aromatic nitrogens is 2. The molecule has 2 amide bonds. The van der Waals surface area contributed by atoms with Gasteiger partial charge in [-0.3, -0.25) is 19.2 Å². The molecule has 3 aliphatic rings. The van der Waals surface area contributed by atoms with Crippen LogP contribution in [-0.2, 0) is 14.3 Å². The third-order valence-corrected chi connectivity index (χ3v) is 7.53. The Morgan fingerprint density at radius 2 is 1.84 bits per heavy atom. The molecule has 1 aromatic heterocycles. The summed E-state index contributed by atoms with van der Waals surface area (Å²) in [4.78, 5) is 30.0. The molecular formula is C23H37N5O3. The monoisotopic (exact) mass is 431 g/mol. The molecule has 0 bridgehead atoms. The van der Waals surface area contributed by atoms with E-state index in [2.05, 4.69) is 27.8 Å². The Morgan fingerprint density at radius 3 is 2.42 bits per heavy atom. The number of hydrogen-bond acceptors (Lipinski definition) is 5. The van der Waals surface area contributed by atoms with E-state index >= 15 is 0 Å². The van der Waals surface area contributed by atoms with E-state index < -0.39 is 0 Å². The second-order valence-electron chi connectivity index (χ2n) is 9.89. The smallest absolute Gasteiger partial charge is 0.248 e. The summed E-state index contributed by atoms with van der Waals surface area (Å²) in [5, 5.41) is 4.59. The highest BCUT2D eigenvalue weighted by atomic mass is 16.5. The zero-order chi connectivity index (χ0) is 22.1. The molecule has 172 valence electrons. The maximum absolute atomic E-state index is 12.1. The first-order valence-corrected chi connectivity index (χ1v) is 11.6. The predicted octanol–water partition coefficient (Wildman–Crippen LogP) is 1.56. The summed E-state index contributed by atoms with van der Waals surface area (Å²) in [5.74, 6) is 1.42. The van der Waals surface area contributed by atoms with Crippen LogP contribution in [0.2, 0.25) is 0 Å². The quantitative estimate of drug-likeness (QED) is 0.708. The highest BCUT2D eigenvalue weighted by molar-refractivity contribution is 5.76. The number of likely N-dealkylation sites (tertiary alicyclic amines) is 2. The number of nitrogens with zero attached hydrogens (tertiary/aromatic N) is 5. The van der Waals surface area contributed by atoms with Gasteiger partial charge >= 0.3 is 0 Å². The molecule has 1 saturated carbocycles. The molecule has 2 aliphatic heterocycles. The number of likely N-dealkylation sites (N-methyl/N-ethyl adjacent to an activating group) is 1. The number of carbonyl (C=O) groups excluding carboxylic acids is 2. The van der Waals surface area contributed by atoms with Gasteiger partial charge in [0.1, 0.15) is 6.61 Å². The summed E-state index contributed by atoms with van der Waals surface area (Å²) in [7, 11) is 3.53. The molecule has 4 atom stereocenters. The fourth-order valence-electron chi connectivity index (χ4n) is 5.65. The molecule has 8 nitrogen and oxygen atoms in total. The Hall–Kier alpha value is -1.93. The number of piperidine rings is 1.